The fourth-order valence-corrected chi connectivity index (χ4v) is 1.64. The average Bonchev–Trinajstić information content (AvgIpc) is 2.24. The Balaban J connectivity index is 3.28. The largest absolute Gasteiger partial charge is 0.382 e. The van der Waals surface area contributed by atoms with Crippen molar-refractivity contribution < 1.29 is 9.47 Å². The third kappa shape index (κ3) is 10.5. The van der Waals surface area contributed by atoms with Crippen molar-refractivity contribution in [3.8, 4) is 0 Å². The van der Waals surface area contributed by atoms with E-state index in [9.17, 15) is 0 Å². The van der Waals surface area contributed by atoms with Crippen LogP contribution in [0.15, 0.2) is 0 Å². The van der Waals surface area contributed by atoms with Gasteiger partial charge in [-0.2, -0.15) is 0 Å². The highest BCUT2D eigenvalue weighted by molar-refractivity contribution is 6.18. The Morgan fingerprint density at radius 1 is 1.07 bits per heavy atom. The quantitative estimate of drug-likeness (QED) is 0.405. The summed E-state index contributed by atoms with van der Waals surface area (Å²) in [7, 11) is 1.69. The highest BCUT2D eigenvalue weighted by atomic mass is 35.5. The lowest BCUT2D eigenvalue weighted by Crippen LogP contribution is -2.28. The number of ether oxygens (including phenoxy) is 2. The van der Waals surface area contributed by atoms with E-state index in [0.717, 1.165) is 32.7 Å². The molecule has 0 N–H and O–H groups in total. The number of hydrogen-bond acceptors (Lipinski definition) is 3. The molecule has 0 aliphatic carbocycles. The van der Waals surface area contributed by atoms with Crippen LogP contribution in [0.4, 0.5) is 0 Å². The molecular weight excluding hydrogens is 214 g/mol. The number of nitrogens with zero attached hydrogens (tertiary/aromatic N) is 1. The SMILES string of the molecule is CCCN(CCCl)CCCOCCOC. The van der Waals surface area contributed by atoms with Gasteiger partial charge in [-0.3, -0.25) is 0 Å². The van der Waals surface area contributed by atoms with Gasteiger partial charge in [0.2, 0.25) is 0 Å². The molecule has 3 nitrogen and oxygen atoms in total. The van der Waals surface area contributed by atoms with E-state index in [2.05, 4.69) is 11.8 Å². The van der Waals surface area contributed by atoms with E-state index in [-0.39, 0.29) is 0 Å². The van der Waals surface area contributed by atoms with Crippen LogP contribution in [0.25, 0.3) is 0 Å². The highest BCUT2D eigenvalue weighted by Crippen LogP contribution is 1.95. The second-order valence-corrected chi connectivity index (χ2v) is 3.87. The lowest BCUT2D eigenvalue weighted by molar-refractivity contribution is 0.0655. The Morgan fingerprint density at radius 3 is 2.47 bits per heavy atom. The molecule has 0 aromatic heterocycles. The predicted molar refractivity (Wildman–Crippen MR) is 64.8 cm³/mol. The predicted octanol–water partition coefficient (Wildman–Crippen LogP) is 1.99. The van der Waals surface area contributed by atoms with Crippen molar-refractivity contribution in [2.75, 3.05) is 52.4 Å². The first kappa shape index (κ1) is 15.2. The Labute approximate surface area is 98.7 Å². The Hall–Kier alpha value is 0.170. The second-order valence-electron chi connectivity index (χ2n) is 3.49. The molecule has 0 aliphatic rings. The monoisotopic (exact) mass is 237 g/mol. The van der Waals surface area contributed by atoms with Gasteiger partial charge in [0.15, 0.2) is 0 Å². The molecule has 0 rings (SSSR count). The lowest BCUT2D eigenvalue weighted by Gasteiger charge is -2.20. The molecule has 0 aliphatic heterocycles. The van der Waals surface area contributed by atoms with Crippen LogP contribution in [0, 0.1) is 0 Å². The molecule has 0 bridgehead atoms. The molecule has 0 atom stereocenters. The van der Waals surface area contributed by atoms with Crippen molar-refractivity contribution in [2.45, 2.75) is 19.8 Å². The van der Waals surface area contributed by atoms with Crippen LogP contribution in [-0.4, -0.2) is 57.3 Å². The van der Waals surface area contributed by atoms with Gasteiger partial charge in [0.25, 0.3) is 0 Å². The second kappa shape index (κ2) is 12.2. The molecule has 0 aromatic rings. The first-order valence-electron chi connectivity index (χ1n) is 5.70. The Morgan fingerprint density at radius 2 is 1.87 bits per heavy atom. The van der Waals surface area contributed by atoms with Crippen molar-refractivity contribution in [1.29, 1.82) is 0 Å². The maximum atomic E-state index is 5.72. The van der Waals surface area contributed by atoms with Crippen molar-refractivity contribution in [1.82, 2.24) is 4.90 Å². The standard InChI is InChI=1S/C11H24ClNO2/c1-3-6-13(8-5-12)7-4-9-15-11-10-14-2/h3-11H2,1-2H3. The maximum Gasteiger partial charge on any atom is 0.0700 e. The lowest BCUT2D eigenvalue weighted by atomic mass is 10.3. The maximum absolute atomic E-state index is 5.72. The highest BCUT2D eigenvalue weighted by Gasteiger charge is 2.01. The van der Waals surface area contributed by atoms with Gasteiger partial charge < -0.3 is 14.4 Å². The van der Waals surface area contributed by atoms with Gasteiger partial charge in [0, 0.05) is 32.7 Å². The molecule has 0 fully saturated rings. The third-order valence-electron chi connectivity index (χ3n) is 2.14. The van der Waals surface area contributed by atoms with Gasteiger partial charge in [0.05, 0.1) is 13.2 Å². The molecule has 0 heterocycles. The molecule has 15 heavy (non-hydrogen) atoms. The minimum Gasteiger partial charge on any atom is -0.382 e. The molecule has 4 heteroatoms. The Bertz CT molecular complexity index is 119. The zero-order chi connectivity index (χ0) is 11.4. The molecule has 0 saturated heterocycles. The van der Waals surface area contributed by atoms with Crippen LogP contribution in [0.1, 0.15) is 19.8 Å². The fraction of sp³-hybridized carbons (Fsp3) is 1.00. The summed E-state index contributed by atoms with van der Waals surface area (Å²) in [6.07, 6.45) is 2.25. The van der Waals surface area contributed by atoms with Crippen molar-refractivity contribution >= 4 is 11.6 Å². The molecule has 0 unspecified atom stereocenters. The number of methoxy groups -OCH3 is 1. The zero-order valence-corrected chi connectivity index (χ0v) is 10.8. The van der Waals surface area contributed by atoms with Crippen LogP contribution in [0.3, 0.4) is 0 Å². The van der Waals surface area contributed by atoms with Gasteiger partial charge in [0.1, 0.15) is 0 Å². The van der Waals surface area contributed by atoms with Gasteiger partial charge >= 0.3 is 0 Å². The van der Waals surface area contributed by atoms with Gasteiger partial charge in [-0.05, 0) is 19.4 Å². The van der Waals surface area contributed by atoms with Gasteiger partial charge in [-0.15, -0.1) is 11.6 Å². The van der Waals surface area contributed by atoms with Crippen LogP contribution in [0.2, 0.25) is 0 Å². The van der Waals surface area contributed by atoms with Crippen LogP contribution in [0.5, 0.6) is 0 Å². The first-order valence-corrected chi connectivity index (χ1v) is 6.23. The summed E-state index contributed by atoms with van der Waals surface area (Å²) in [6.45, 7) is 7.56. The van der Waals surface area contributed by atoms with Crippen molar-refractivity contribution in [3.63, 3.8) is 0 Å². The van der Waals surface area contributed by atoms with E-state index in [4.69, 9.17) is 21.1 Å². The zero-order valence-electron chi connectivity index (χ0n) is 10.0. The van der Waals surface area contributed by atoms with E-state index in [1.165, 1.54) is 6.42 Å². The van der Waals surface area contributed by atoms with Gasteiger partial charge in [-0.1, -0.05) is 6.92 Å². The summed E-state index contributed by atoms with van der Waals surface area (Å²) in [5.41, 5.74) is 0. The topological polar surface area (TPSA) is 21.7 Å². The minimum atomic E-state index is 0.681. The van der Waals surface area contributed by atoms with Crippen molar-refractivity contribution in [3.05, 3.63) is 0 Å². The van der Waals surface area contributed by atoms with Crippen LogP contribution < -0.4 is 0 Å². The van der Waals surface area contributed by atoms with E-state index < -0.39 is 0 Å². The van der Waals surface area contributed by atoms with Crippen LogP contribution >= 0.6 is 11.6 Å². The van der Waals surface area contributed by atoms with E-state index in [1.54, 1.807) is 7.11 Å². The number of rotatable bonds is 11. The van der Waals surface area contributed by atoms with E-state index in [1.807, 2.05) is 0 Å². The smallest absolute Gasteiger partial charge is 0.0700 e. The number of hydrogen-bond donors (Lipinski definition) is 0. The molecular formula is C11H24ClNO2. The minimum absolute atomic E-state index is 0.681. The third-order valence-corrected chi connectivity index (χ3v) is 2.30. The van der Waals surface area contributed by atoms with Crippen molar-refractivity contribution in [2.24, 2.45) is 0 Å². The molecule has 0 amide bonds. The van der Waals surface area contributed by atoms with Crippen LogP contribution in [-0.2, 0) is 9.47 Å². The van der Waals surface area contributed by atoms with Gasteiger partial charge in [-0.25, -0.2) is 0 Å². The molecule has 0 radical (unpaired) electrons. The average molecular weight is 238 g/mol. The first-order chi connectivity index (χ1) is 7.35. The Kier molecular flexibility index (Phi) is 12.4. The summed E-state index contributed by atoms with van der Waals surface area (Å²) >= 11 is 5.72. The fourth-order valence-electron chi connectivity index (χ4n) is 1.41. The van der Waals surface area contributed by atoms with E-state index >= 15 is 0 Å². The normalized spacial score (nSPS) is 11.2. The number of alkyl halides is 1. The summed E-state index contributed by atoms with van der Waals surface area (Å²) in [5, 5.41) is 0. The summed E-state index contributed by atoms with van der Waals surface area (Å²) in [5.74, 6) is 0.713. The molecule has 0 aromatic carbocycles. The summed E-state index contributed by atoms with van der Waals surface area (Å²) in [4.78, 5) is 2.38. The molecule has 92 valence electrons. The number of halogens is 1. The van der Waals surface area contributed by atoms with E-state index in [0.29, 0.717) is 19.1 Å². The molecule has 0 spiro atoms. The summed E-state index contributed by atoms with van der Waals surface area (Å²) < 4.78 is 10.3. The molecule has 0 saturated carbocycles. The summed E-state index contributed by atoms with van der Waals surface area (Å²) in [6, 6.07) is 0.